The molecule has 5 heteroatoms. The van der Waals surface area contributed by atoms with Crippen LogP contribution in [0.2, 0.25) is 4.34 Å². The van der Waals surface area contributed by atoms with Crippen molar-refractivity contribution in [2.75, 3.05) is 13.1 Å². The average molecular weight is 259 g/mol. The van der Waals surface area contributed by atoms with Crippen molar-refractivity contribution >= 4 is 28.8 Å². The molecule has 0 aliphatic carbocycles. The predicted molar refractivity (Wildman–Crippen MR) is 66.9 cm³/mol. The molecule has 1 fully saturated rings. The maximum Gasteiger partial charge on any atom is 0.230 e. The number of halogens is 1. The summed E-state index contributed by atoms with van der Waals surface area (Å²) in [7, 11) is 0. The van der Waals surface area contributed by atoms with Crippen molar-refractivity contribution < 1.29 is 4.79 Å². The fourth-order valence-corrected chi connectivity index (χ4v) is 3.05. The standard InChI is InChI=1S/C11H15ClN2OS/c1-7(9-2-3-10(12)16-9)11(15)14-5-4-8(13)6-14/h2-3,7-8H,4-6,13H2,1H3/t7?,8-/m1/s1. The van der Waals surface area contributed by atoms with Crippen LogP contribution in [0.5, 0.6) is 0 Å². The lowest BCUT2D eigenvalue weighted by molar-refractivity contribution is -0.131. The lowest BCUT2D eigenvalue weighted by Gasteiger charge is -2.19. The molecule has 1 aromatic rings. The highest BCUT2D eigenvalue weighted by Gasteiger charge is 2.28. The average Bonchev–Trinajstić information content (AvgIpc) is 2.85. The Morgan fingerprint density at radius 3 is 2.94 bits per heavy atom. The van der Waals surface area contributed by atoms with Crippen LogP contribution in [-0.2, 0) is 4.79 Å². The third kappa shape index (κ3) is 2.39. The summed E-state index contributed by atoms with van der Waals surface area (Å²) in [5, 5.41) is 0. The van der Waals surface area contributed by atoms with Gasteiger partial charge in [0.25, 0.3) is 0 Å². The smallest absolute Gasteiger partial charge is 0.230 e. The van der Waals surface area contributed by atoms with Crippen LogP contribution < -0.4 is 5.73 Å². The van der Waals surface area contributed by atoms with Crippen LogP contribution >= 0.6 is 22.9 Å². The van der Waals surface area contributed by atoms with Crippen LogP contribution in [0.4, 0.5) is 0 Å². The molecule has 1 amide bonds. The van der Waals surface area contributed by atoms with E-state index in [0.29, 0.717) is 6.54 Å². The van der Waals surface area contributed by atoms with Gasteiger partial charge in [0.05, 0.1) is 10.3 Å². The Kier molecular flexibility index (Phi) is 3.52. The second-order valence-electron chi connectivity index (χ2n) is 4.20. The highest BCUT2D eigenvalue weighted by Crippen LogP contribution is 2.29. The maximum absolute atomic E-state index is 12.1. The number of nitrogens with two attached hydrogens (primary N) is 1. The molecule has 0 spiro atoms. The van der Waals surface area contributed by atoms with Crippen LogP contribution in [-0.4, -0.2) is 29.9 Å². The Bertz CT molecular complexity index is 393. The summed E-state index contributed by atoms with van der Waals surface area (Å²) in [6.45, 7) is 3.39. The first-order valence-corrected chi connectivity index (χ1v) is 6.57. The molecular weight excluding hydrogens is 244 g/mol. The third-order valence-electron chi connectivity index (χ3n) is 2.93. The van der Waals surface area contributed by atoms with Crippen molar-refractivity contribution in [2.45, 2.75) is 25.3 Å². The van der Waals surface area contributed by atoms with Crippen LogP contribution in [0.1, 0.15) is 24.1 Å². The van der Waals surface area contributed by atoms with E-state index in [1.165, 1.54) is 11.3 Å². The summed E-state index contributed by atoms with van der Waals surface area (Å²) < 4.78 is 0.729. The van der Waals surface area contributed by atoms with Gasteiger partial charge >= 0.3 is 0 Å². The first-order chi connectivity index (χ1) is 7.58. The zero-order valence-electron chi connectivity index (χ0n) is 9.15. The fourth-order valence-electron chi connectivity index (χ4n) is 1.94. The van der Waals surface area contributed by atoms with Crippen LogP contribution in [0.25, 0.3) is 0 Å². The molecule has 1 aliphatic heterocycles. The van der Waals surface area contributed by atoms with Gasteiger partial charge in [-0.05, 0) is 25.5 Å². The molecule has 0 bridgehead atoms. The first kappa shape index (κ1) is 11.9. The van der Waals surface area contributed by atoms with Crippen molar-refractivity contribution in [3.63, 3.8) is 0 Å². The second-order valence-corrected chi connectivity index (χ2v) is 5.94. The molecule has 0 aromatic carbocycles. The van der Waals surface area contributed by atoms with Crippen LogP contribution in [0.3, 0.4) is 0 Å². The number of likely N-dealkylation sites (tertiary alicyclic amines) is 1. The predicted octanol–water partition coefficient (Wildman–Crippen LogP) is 2.06. The van der Waals surface area contributed by atoms with Crippen molar-refractivity contribution in [3.05, 3.63) is 21.3 Å². The lowest BCUT2D eigenvalue weighted by Crippen LogP contribution is -2.34. The molecule has 0 saturated carbocycles. The normalized spacial score (nSPS) is 22.4. The van der Waals surface area contributed by atoms with Gasteiger partial charge in [-0.15, -0.1) is 11.3 Å². The summed E-state index contributed by atoms with van der Waals surface area (Å²) in [5.41, 5.74) is 5.79. The van der Waals surface area contributed by atoms with E-state index in [4.69, 9.17) is 17.3 Å². The van der Waals surface area contributed by atoms with Crippen molar-refractivity contribution in [2.24, 2.45) is 5.73 Å². The molecule has 2 N–H and O–H groups in total. The lowest BCUT2D eigenvalue weighted by atomic mass is 10.1. The van der Waals surface area contributed by atoms with E-state index in [1.54, 1.807) is 0 Å². The van der Waals surface area contributed by atoms with Crippen LogP contribution in [0, 0.1) is 0 Å². The van der Waals surface area contributed by atoms with E-state index < -0.39 is 0 Å². The molecule has 1 unspecified atom stereocenters. The molecule has 0 radical (unpaired) electrons. The summed E-state index contributed by atoms with van der Waals surface area (Å²) >= 11 is 7.34. The number of amides is 1. The van der Waals surface area contributed by atoms with E-state index in [0.717, 1.165) is 22.2 Å². The minimum absolute atomic E-state index is 0.109. The highest BCUT2D eigenvalue weighted by molar-refractivity contribution is 7.16. The van der Waals surface area contributed by atoms with Crippen LogP contribution in [0.15, 0.2) is 12.1 Å². The summed E-state index contributed by atoms with van der Waals surface area (Å²) in [6.07, 6.45) is 0.906. The maximum atomic E-state index is 12.1. The summed E-state index contributed by atoms with van der Waals surface area (Å²) in [4.78, 5) is 15.0. The van der Waals surface area contributed by atoms with Gasteiger partial charge in [0.15, 0.2) is 0 Å². The molecule has 2 heterocycles. The Morgan fingerprint density at radius 1 is 1.69 bits per heavy atom. The quantitative estimate of drug-likeness (QED) is 0.883. The fraction of sp³-hybridized carbons (Fsp3) is 0.545. The number of hydrogen-bond donors (Lipinski definition) is 1. The molecule has 88 valence electrons. The Balaban J connectivity index is 2.04. The zero-order valence-corrected chi connectivity index (χ0v) is 10.7. The van der Waals surface area contributed by atoms with Gasteiger partial charge in [0.2, 0.25) is 5.91 Å². The number of nitrogens with zero attached hydrogens (tertiary/aromatic N) is 1. The second kappa shape index (κ2) is 4.73. The Morgan fingerprint density at radius 2 is 2.44 bits per heavy atom. The largest absolute Gasteiger partial charge is 0.341 e. The van der Waals surface area contributed by atoms with Gasteiger partial charge in [-0.1, -0.05) is 11.6 Å². The van der Waals surface area contributed by atoms with Gasteiger partial charge in [0.1, 0.15) is 0 Å². The molecule has 3 nitrogen and oxygen atoms in total. The van der Waals surface area contributed by atoms with Crippen molar-refractivity contribution in [1.29, 1.82) is 0 Å². The molecular formula is C11H15ClN2OS. The number of carbonyl (C=O) groups is 1. The highest BCUT2D eigenvalue weighted by atomic mass is 35.5. The Hall–Kier alpha value is -0.580. The minimum atomic E-state index is -0.109. The van der Waals surface area contributed by atoms with Gasteiger partial charge in [-0.25, -0.2) is 0 Å². The number of carbonyl (C=O) groups excluding carboxylic acids is 1. The van der Waals surface area contributed by atoms with Gasteiger partial charge in [-0.3, -0.25) is 4.79 Å². The SMILES string of the molecule is CC(C(=O)N1CC[C@@H](N)C1)c1ccc(Cl)s1. The number of hydrogen-bond acceptors (Lipinski definition) is 3. The van der Waals surface area contributed by atoms with E-state index in [1.807, 2.05) is 24.0 Å². The topological polar surface area (TPSA) is 46.3 Å². The minimum Gasteiger partial charge on any atom is -0.341 e. The van der Waals surface area contributed by atoms with Gasteiger partial charge in [-0.2, -0.15) is 0 Å². The first-order valence-electron chi connectivity index (χ1n) is 5.37. The Labute approximate surface area is 104 Å². The third-order valence-corrected chi connectivity index (χ3v) is 4.34. The van der Waals surface area contributed by atoms with E-state index >= 15 is 0 Å². The molecule has 16 heavy (non-hydrogen) atoms. The van der Waals surface area contributed by atoms with Crippen molar-refractivity contribution in [1.82, 2.24) is 4.90 Å². The summed E-state index contributed by atoms with van der Waals surface area (Å²) in [6, 6.07) is 3.90. The van der Waals surface area contributed by atoms with E-state index in [2.05, 4.69) is 0 Å². The number of thiophene rings is 1. The van der Waals surface area contributed by atoms with E-state index in [9.17, 15) is 4.79 Å². The molecule has 1 saturated heterocycles. The molecule has 2 rings (SSSR count). The monoisotopic (exact) mass is 258 g/mol. The van der Waals surface area contributed by atoms with Gasteiger partial charge < -0.3 is 10.6 Å². The molecule has 1 aromatic heterocycles. The summed E-state index contributed by atoms with van der Waals surface area (Å²) in [5.74, 6) is 0.0502. The molecule has 2 atom stereocenters. The van der Waals surface area contributed by atoms with Gasteiger partial charge in [0, 0.05) is 24.0 Å². The number of rotatable bonds is 2. The van der Waals surface area contributed by atoms with E-state index in [-0.39, 0.29) is 17.9 Å². The zero-order chi connectivity index (χ0) is 11.7. The van der Waals surface area contributed by atoms with Crippen molar-refractivity contribution in [3.8, 4) is 0 Å². The molecule has 1 aliphatic rings.